The van der Waals surface area contributed by atoms with E-state index in [1.807, 2.05) is 0 Å². The molecule has 1 unspecified atom stereocenters. The van der Waals surface area contributed by atoms with Gasteiger partial charge in [-0.15, -0.1) is 5.10 Å². The summed E-state index contributed by atoms with van der Waals surface area (Å²) in [7, 11) is 0. The smallest absolute Gasteiger partial charge is 0.0837 e. The average Bonchev–Trinajstić information content (AvgIpc) is 2.89. The summed E-state index contributed by atoms with van der Waals surface area (Å²) < 4.78 is 4.04. The Hall–Kier alpha value is -1.30. The van der Waals surface area contributed by atoms with Crippen LogP contribution >= 0.6 is 11.5 Å². The van der Waals surface area contributed by atoms with Crippen molar-refractivity contribution in [1.29, 1.82) is 0 Å². The zero-order valence-electron chi connectivity index (χ0n) is 11.4. The number of nitrogens with one attached hydrogen (secondary N) is 1. The Kier molecular flexibility index (Phi) is 5.01. The molecule has 0 saturated heterocycles. The van der Waals surface area contributed by atoms with E-state index in [0.717, 1.165) is 29.8 Å². The van der Waals surface area contributed by atoms with E-state index in [1.54, 1.807) is 0 Å². The molecule has 0 saturated carbocycles. The molecule has 102 valence electrons. The lowest BCUT2D eigenvalue weighted by atomic mass is 10.00. The van der Waals surface area contributed by atoms with Crippen molar-refractivity contribution in [2.75, 3.05) is 0 Å². The summed E-state index contributed by atoms with van der Waals surface area (Å²) in [5.41, 5.74) is 6.44. The van der Waals surface area contributed by atoms with Crippen LogP contribution in [-0.2, 0) is 12.8 Å². The SMILES string of the molecule is CCCc1cccc(C(NN)c2snnc2CC)c1. The third-order valence-corrected chi connectivity index (χ3v) is 4.00. The summed E-state index contributed by atoms with van der Waals surface area (Å²) in [6.45, 7) is 4.27. The van der Waals surface area contributed by atoms with Crippen LogP contribution in [0.3, 0.4) is 0 Å². The highest BCUT2D eigenvalue weighted by molar-refractivity contribution is 7.05. The number of hydrogen-bond donors (Lipinski definition) is 2. The largest absolute Gasteiger partial charge is 0.271 e. The Bertz CT molecular complexity index is 524. The summed E-state index contributed by atoms with van der Waals surface area (Å²) >= 11 is 1.42. The van der Waals surface area contributed by atoms with Crippen LogP contribution in [-0.4, -0.2) is 9.59 Å². The number of nitrogens with zero attached hydrogens (tertiary/aromatic N) is 2. The molecule has 2 aromatic rings. The van der Waals surface area contributed by atoms with E-state index in [4.69, 9.17) is 5.84 Å². The molecule has 19 heavy (non-hydrogen) atoms. The van der Waals surface area contributed by atoms with Gasteiger partial charge >= 0.3 is 0 Å². The van der Waals surface area contributed by atoms with Crippen molar-refractivity contribution in [1.82, 2.24) is 15.0 Å². The fraction of sp³-hybridized carbons (Fsp3) is 0.429. The lowest BCUT2D eigenvalue weighted by Crippen LogP contribution is -2.29. The van der Waals surface area contributed by atoms with Gasteiger partial charge in [0.25, 0.3) is 0 Å². The molecule has 0 aliphatic rings. The summed E-state index contributed by atoms with van der Waals surface area (Å²) in [5, 5.41) is 4.16. The third-order valence-electron chi connectivity index (χ3n) is 3.17. The van der Waals surface area contributed by atoms with Crippen LogP contribution in [0.1, 0.15) is 48.0 Å². The predicted molar refractivity (Wildman–Crippen MR) is 78.9 cm³/mol. The van der Waals surface area contributed by atoms with Crippen molar-refractivity contribution in [3.8, 4) is 0 Å². The van der Waals surface area contributed by atoms with Gasteiger partial charge in [-0.05, 0) is 35.5 Å². The van der Waals surface area contributed by atoms with Crippen LogP contribution in [0.2, 0.25) is 0 Å². The second-order valence-electron chi connectivity index (χ2n) is 4.53. The van der Waals surface area contributed by atoms with Crippen LogP contribution in [0.25, 0.3) is 0 Å². The number of aryl methyl sites for hydroxylation is 2. The first kappa shape index (κ1) is 14.1. The summed E-state index contributed by atoms with van der Waals surface area (Å²) in [5.74, 6) is 5.74. The van der Waals surface area contributed by atoms with E-state index < -0.39 is 0 Å². The maximum Gasteiger partial charge on any atom is 0.0837 e. The summed E-state index contributed by atoms with van der Waals surface area (Å²) in [6, 6.07) is 8.54. The van der Waals surface area contributed by atoms with Gasteiger partial charge in [-0.3, -0.25) is 5.84 Å². The van der Waals surface area contributed by atoms with Crippen LogP contribution < -0.4 is 11.3 Å². The lowest BCUT2D eigenvalue weighted by Gasteiger charge is -2.16. The first-order valence-electron chi connectivity index (χ1n) is 6.66. The molecule has 5 heteroatoms. The molecule has 0 spiro atoms. The van der Waals surface area contributed by atoms with Gasteiger partial charge < -0.3 is 0 Å². The molecule has 1 aromatic carbocycles. The van der Waals surface area contributed by atoms with Gasteiger partial charge in [0.05, 0.1) is 16.6 Å². The van der Waals surface area contributed by atoms with Gasteiger partial charge in [0.15, 0.2) is 0 Å². The minimum Gasteiger partial charge on any atom is -0.271 e. The van der Waals surface area contributed by atoms with Crippen molar-refractivity contribution in [2.45, 2.75) is 39.2 Å². The van der Waals surface area contributed by atoms with E-state index >= 15 is 0 Å². The lowest BCUT2D eigenvalue weighted by molar-refractivity contribution is 0.638. The minimum atomic E-state index is -0.0215. The van der Waals surface area contributed by atoms with Crippen molar-refractivity contribution < 1.29 is 0 Å². The molecular weight excluding hydrogens is 256 g/mol. The van der Waals surface area contributed by atoms with Gasteiger partial charge in [-0.2, -0.15) is 0 Å². The van der Waals surface area contributed by atoms with Crippen molar-refractivity contribution in [3.05, 3.63) is 46.0 Å². The van der Waals surface area contributed by atoms with Gasteiger partial charge in [0, 0.05) is 0 Å². The molecule has 0 radical (unpaired) electrons. The van der Waals surface area contributed by atoms with E-state index in [0.29, 0.717) is 0 Å². The Balaban J connectivity index is 2.34. The fourth-order valence-electron chi connectivity index (χ4n) is 2.22. The monoisotopic (exact) mass is 276 g/mol. The number of aromatic nitrogens is 2. The summed E-state index contributed by atoms with van der Waals surface area (Å²) in [4.78, 5) is 1.11. The standard InChI is InChI=1S/C14H20N4S/c1-3-6-10-7-5-8-11(9-10)13(16-15)14-12(4-2)17-18-19-14/h5,7-9,13,16H,3-4,6,15H2,1-2H3. The molecule has 0 fully saturated rings. The second kappa shape index (κ2) is 6.75. The molecule has 1 aromatic heterocycles. The zero-order chi connectivity index (χ0) is 13.7. The van der Waals surface area contributed by atoms with Gasteiger partial charge in [0.1, 0.15) is 0 Å². The Morgan fingerprint density at radius 3 is 2.89 bits per heavy atom. The van der Waals surface area contributed by atoms with Gasteiger partial charge in [0.2, 0.25) is 0 Å². The molecule has 1 heterocycles. The third kappa shape index (κ3) is 3.18. The van der Waals surface area contributed by atoms with Crippen molar-refractivity contribution in [2.24, 2.45) is 5.84 Å². The first-order chi connectivity index (χ1) is 9.30. The van der Waals surface area contributed by atoms with E-state index in [-0.39, 0.29) is 6.04 Å². The summed E-state index contributed by atoms with van der Waals surface area (Å²) in [6.07, 6.45) is 3.11. The van der Waals surface area contributed by atoms with Crippen LogP contribution in [0, 0.1) is 0 Å². The Morgan fingerprint density at radius 1 is 1.37 bits per heavy atom. The number of hydrogen-bond acceptors (Lipinski definition) is 5. The topological polar surface area (TPSA) is 63.8 Å². The van der Waals surface area contributed by atoms with Crippen LogP contribution in [0.15, 0.2) is 24.3 Å². The Labute approximate surface area is 118 Å². The van der Waals surface area contributed by atoms with E-state index in [9.17, 15) is 0 Å². The zero-order valence-corrected chi connectivity index (χ0v) is 12.2. The highest BCUT2D eigenvalue weighted by Crippen LogP contribution is 2.27. The predicted octanol–water partition coefficient (Wildman–Crippen LogP) is 2.61. The maximum atomic E-state index is 5.74. The minimum absolute atomic E-state index is 0.0215. The molecule has 2 rings (SSSR count). The quantitative estimate of drug-likeness (QED) is 0.629. The first-order valence-corrected chi connectivity index (χ1v) is 7.43. The van der Waals surface area contributed by atoms with Gasteiger partial charge in [-0.1, -0.05) is 49.0 Å². The Morgan fingerprint density at radius 2 is 2.21 bits per heavy atom. The number of rotatable bonds is 6. The van der Waals surface area contributed by atoms with Crippen LogP contribution in [0.4, 0.5) is 0 Å². The number of nitrogens with two attached hydrogens (primary N) is 1. The van der Waals surface area contributed by atoms with Gasteiger partial charge in [-0.25, -0.2) is 5.43 Å². The molecule has 0 bridgehead atoms. The molecule has 0 aliphatic carbocycles. The highest BCUT2D eigenvalue weighted by Gasteiger charge is 2.19. The van der Waals surface area contributed by atoms with E-state index in [1.165, 1.54) is 22.7 Å². The second-order valence-corrected chi connectivity index (χ2v) is 5.32. The molecule has 4 nitrogen and oxygen atoms in total. The number of benzene rings is 1. The number of hydrazine groups is 1. The molecular formula is C14H20N4S. The average molecular weight is 276 g/mol. The maximum absolute atomic E-state index is 5.74. The normalized spacial score (nSPS) is 12.6. The van der Waals surface area contributed by atoms with Crippen molar-refractivity contribution in [3.63, 3.8) is 0 Å². The molecule has 1 atom stereocenters. The van der Waals surface area contributed by atoms with Crippen LogP contribution in [0.5, 0.6) is 0 Å². The highest BCUT2D eigenvalue weighted by atomic mass is 32.1. The fourth-order valence-corrected chi connectivity index (χ4v) is 3.05. The molecule has 3 N–H and O–H groups in total. The molecule has 0 aliphatic heterocycles. The molecule has 0 amide bonds. The van der Waals surface area contributed by atoms with E-state index in [2.05, 4.69) is 53.1 Å². The van der Waals surface area contributed by atoms with Crippen molar-refractivity contribution >= 4 is 11.5 Å².